The maximum absolute atomic E-state index is 13.0. The Morgan fingerprint density at radius 2 is 1.94 bits per heavy atom. The predicted octanol–water partition coefficient (Wildman–Crippen LogP) is 3.97. The van der Waals surface area contributed by atoms with Gasteiger partial charge in [0.1, 0.15) is 5.65 Å². The molecule has 2 aliphatic carbocycles. The number of piperidine rings is 2. The van der Waals surface area contributed by atoms with Crippen molar-refractivity contribution in [2.45, 2.75) is 108 Å². The van der Waals surface area contributed by atoms with Crippen molar-refractivity contribution in [3.63, 3.8) is 0 Å². The van der Waals surface area contributed by atoms with E-state index in [9.17, 15) is 9.90 Å². The van der Waals surface area contributed by atoms with Crippen molar-refractivity contribution in [2.75, 3.05) is 25.0 Å². The number of fused-ring (bicyclic) bond motifs is 1. The highest BCUT2D eigenvalue weighted by Crippen LogP contribution is 2.39. The van der Waals surface area contributed by atoms with E-state index in [1.807, 2.05) is 6.20 Å². The van der Waals surface area contributed by atoms with Crippen LogP contribution in [0.1, 0.15) is 95.1 Å². The summed E-state index contributed by atoms with van der Waals surface area (Å²) in [4.78, 5) is 24.9. The normalized spacial score (nSPS) is 31.5. The molecule has 0 spiro atoms. The van der Waals surface area contributed by atoms with E-state index in [-0.39, 0.29) is 12.1 Å². The zero-order valence-corrected chi connectivity index (χ0v) is 21.7. The molecule has 8 nitrogen and oxygen atoms in total. The standard InChI is InChI=1S/C28H42N6O2/c1-2-18-15-25(18)31-28-30-16-22-23(17-34(26(22)32-28)20-6-8-21(35)9-7-20)19-10-13-33(14-11-19)27(36)24-5-3-4-12-29-24/h16-21,24-25,29,35H,2-15H2,1H3,(H,30,31,32)/t18-,20-,21-,24+,25-/m0/s1. The number of aliphatic hydroxyl groups is 1. The first kappa shape index (κ1) is 24.2. The van der Waals surface area contributed by atoms with E-state index < -0.39 is 0 Å². The maximum Gasteiger partial charge on any atom is 0.239 e. The van der Waals surface area contributed by atoms with Crippen molar-refractivity contribution in [1.29, 1.82) is 0 Å². The molecule has 2 aliphatic heterocycles. The molecule has 4 aliphatic rings. The average Bonchev–Trinajstić information content (AvgIpc) is 3.58. The van der Waals surface area contributed by atoms with Crippen LogP contribution in [0.4, 0.5) is 5.95 Å². The van der Waals surface area contributed by atoms with Crippen LogP contribution >= 0.6 is 0 Å². The third kappa shape index (κ3) is 4.86. The molecular weight excluding hydrogens is 452 g/mol. The summed E-state index contributed by atoms with van der Waals surface area (Å²) >= 11 is 0. The van der Waals surface area contributed by atoms with E-state index in [1.54, 1.807) is 0 Å². The van der Waals surface area contributed by atoms with Crippen molar-refractivity contribution < 1.29 is 9.90 Å². The molecule has 2 saturated carbocycles. The van der Waals surface area contributed by atoms with Crippen LogP contribution in [0.2, 0.25) is 0 Å². The molecule has 36 heavy (non-hydrogen) atoms. The van der Waals surface area contributed by atoms with Gasteiger partial charge in [-0.3, -0.25) is 4.79 Å². The van der Waals surface area contributed by atoms with Crippen LogP contribution in [0, 0.1) is 5.92 Å². The minimum atomic E-state index is -0.171. The number of hydrogen-bond acceptors (Lipinski definition) is 6. The fourth-order valence-corrected chi connectivity index (χ4v) is 6.80. The lowest BCUT2D eigenvalue weighted by Gasteiger charge is -2.35. The van der Waals surface area contributed by atoms with Crippen molar-refractivity contribution in [3.05, 3.63) is 18.0 Å². The molecule has 196 valence electrons. The Labute approximate surface area is 214 Å². The van der Waals surface area contributed by atoms with E-state index in [1.165, 1.54) is 24.8 Å². The van der Waals surface area contributed by atoms with Gasteiger partial charge < -0.3 is 25.2 Å². The van der Waals surface area contributed by atoms with Crippen molar-refractivity contribution in [2.24, 2.45) is 5.92 Å². The van der Waals surface area contributed by atoms with E-state index in [2.05, 4.69) is 33.2 Å². The Morgan fingerprint density at radius 1 is 1.14 bits per heavy atom. The number of likely N-dealkylation sites (tertiary alicyclic amines) is 1. The van der Waals surface area contributed by atoms with Crippen molar-refractivity contribution in [1.82, 2.24) is 24.8 Å². The second-order valence-corrected chi connectivity index (χ2v) is 11.6. The van der Waals surface area contributed by atoms with Crippen LogP contribution in [0.3, 0.4) is 0 Å². The molecule has 0 bridgehead atoms. The number of aromatic nitrogens is 3. The van der Waals surface area contributed by atoms with Crippen LogP contribution in [0.5, 0.6) is 0 Å². The van der Waals surface area contributed by atoms with Gasteiger partial charge in [-0.2, -0.15) is 4.98 Å². The summed E-state index contributed by atoms with van der Waals surface area (Å²) in [5.74, 6) is 2.19. The van der Waals surface area contributed by atoms with Crippen LogP contribution < -0.4 is 10.6 Å². The lowest BCUT2D eigenvalue weighted by molar-refractivity contribution is -0.135. The SMILES string of the molecule is CC[C@H]1C[C@@H]1Nc1ncc2c(C3CCN(C(=O)[C@H]4CCCCN4)CC3)cn([C@H]3CC[C@H](O)CC3)c2n1. The largest absolute Gasteiger partial charge is 0.393 e. The lowest BCUT2D eigenvalue weighted by Crippen LogP contribution is -2.50. The number of carbonyl (C=O) groups is 1. The van der Waals surface area contributed by atoms with Crippen LogP contribution in [0.25, 0.3) is 11.0 Å². The molecule has 0 radical (unpaired) electrons. The Morgan fingerprint density at radius 3 is 2.64 bits per heavy atom. The topological polar surface area (TPSA) is 95.3 Å². The van der Waals surface area contributed by atoms with Crippen molar-refractivity contribution in [3.8, 4) is 0 Å². The minimum absolute atomic E-state index is 0.0111. The van der Waals surface area contributed by atoms with Gasteiger partial charge in [0.2, 0.25) is 11.9 Å². The first-order valence-electron chi connectivity index (χ1n) is 14.4. The predicted molar refractivity (Wildman–Crippen MR) is 141 cm³/mol. The van der Waals surface area contributed by atoms with Gasteiger partial charge >= 0.3 is 0 Å². The number of rotatable bonds is 6. The summed E-state index contributed by atoms with van der Waals surface area (Å²) in [5.41, 5.74) is 2.37. The summed E-state index contributed by atoms with van der Waals surface area (Å²) in [6.45, 7) is 4.85. The Balaban J connectivity index is 1.22. The zero-order chi connectivity index (χ0) is 24.6. The number of aliphatic hydroxyl groups excluding tert-OH is 1. The Kier molecular flexibility index (Phi) is 6.90. The smallest absolute Gasteiger partial charge is 0.239 e. The molecule has 4 heterocycles. The molecule has 2 aromatic heterocycles. The van der Waals surface area contributed by atoms with Crippen molar-refractivity contribution >= 4 is 22.9 Å². The van der Waals surface area contributed by atoms with Gasteiger partial charge in [-0.1, -0.05) is 19.8 Å². The van der Waals surface area contributed by atoms with Crippen LogP contribution in [-0.4, -0.2) is 68.3 Å². The molecule has 3 atom stereocenters. The second kappa shape index (κ2) is 10.3. The number of anilines is 1. The number of nitrogens with zero attached hydrogens (tertiary/aromatic N) is 4. The fraction of sp³-hybridized carbons (Fsp3) is 0.750. The average molecular weight is 495 g/mol. The molecule has 0 unspecified atom stereocenters. The Bertz CT molecular complexity index is 1060. The Hall–Kier alpha value is -2.19. The third-order valence-electron chi connectivity index (χ3n) is 9.28. The highest BCUT2D eigenvalue weighted by Gasteiger charge is 2.36. The van der Waals surface area contributed by atoms with Gasteiger partial charge in [0.15, 0.2) is 0 Å². The second-order valence-electron chi connectivity index (χ2n) is 11.6. The maximum atomic E-state index is 13.0. The summed E-state index contributed by atoms with van der Waals surface area (Å²) < 4.78 is 2.39. The first-order chi connectivity index (χ1) is 17.6. The zero-order valence-electron chi connectivity index (χ0n) is 21.7. The first-order valence-corrected chi connectivity index (χ1v) is 14.4. The summed E-state index contributed by atoms with van der Waals surface area (Å²) in [6.07, 6.45) is 15.5. The van der Waals surface area contributed by atoms with Crippen LogP contribution in [-0.2, 0) is 4.79 Å². The van der Waals surface area contributed by atoms with E-state index in [0.29, 0.717) is 23.9 Å². The molecule has 1 amide bonds. The highest BCUT2D eigenvalue weighted by atomic mass is 16.3. The highest BCUT2D eigenvalue weighted by molar-refractivity contribution is 5.83. The molecule has 2 saturated heterocycles. The molecule has 0 aromatic carbocycles. The number of carbonyl (C=O) groups excluding carboxylic acids is 1. The number of nitrogens with one attached hydrogen (secondary N) is 2. The van der Waals surface area contributed by atoms with E-state index >= 15 is 0 Å². The number of amides is 1. The van der Waals surface area contributed by atoms with Gasteiger partial charge in [0, 0.05) is 43.0 Å². The van der Waals surface area contributed by atoms with Gasteiger partial charge in [-0.05, 0) is 81.7 Å². The van der Waals surface area contributed by atoms with Gasteiger partial charge in [0.05, 0.1) is 12.1 Å². The molecule has 3 N–H and O–H groups in total. The van der Waals surface area contributed by atoms with E-state index in [4.69, 9.17) is 9.97 Å². The van der Waals surface area contributed by atoms with Gasteiger partial charge in [-0.15, -0.1) is 0 Å². The fourth-order valence-electron chi connectivity index (χ4n) is 6.80. The number of hydrogen-bond donors (Lipinski definition) is 3. The van der Waals surface area contributed by atoms with Crippen LogP contribution in [0.15, 0.2) is 12.4 Å². The molecule has 2 aromatic rings. The summed E-state index contributed by atoms with van der Waals surface area (Å²) in [7, 11) is 0. The summed E-state index contributed by atoms with van der Waals surface area (Å²) in [5, 5.41) is 18.2. The molecule has 6 rings (SSSR count). The van der Waals surface area contributed by atoms with Gasteiger partial charge in [-0.25, -0.2) is 4.98 Å². The monoisotopic (exact) mass is 494 g/mol. The third-order valence-corrected chi connectivity index (χ3v) is 9.28. The van der Waals surface area contributed by atoms with E-state index in [0.717, 1.165) is 93.9 Å². The summed E-state index contributed by atoms with van der Waals surface area (Å²) in [6, 6.07) is 0.883. The molecule has 4 fully saturated rings. The lowest BCUT2D eigenvalue weighted by atomic mass is 9.89. The quantitative estimate of drug-likeness (QED) is 0.563. The van der Waals surface area contributed by atoms with Gasteiger partial charge in [0.25, 0.3) is 0 Å². The minimum Gasteiger partial charge on any atom is -0.393 e. The molecule has 8 heteroatoms. The molecular formula is C28H42N6O2.